The van der Waals surface area contributed by atoms with E-state index in [9.17, 15) is 14.3 Å². The molecule has 152 valence electrons. The van der Waals surface area contributed by atoms with Crippen LogP contribution < -0.4 is 5.56 Å². The van der Waals surface area contributed by atoms with Crippen molar-refractivity contribution in [3.05, 3.63) is 69.6 Å². The molecule has 4 heterocycles. The smallest absolute Gasteiger partial charge is 0.293 e. The summed E-state index contributed by atoms with van der Waals surface area (Å²) in [5, 5.41) is 19.4. The zero-order valence-corrected chi connectivity index (χ0v) is 16.5. The summed E-state index contributed by atoms with van der Waals surface area (Å²) in [6.45, 7) is 0.00517. The molecule has 1 aromatic carbocycles. The molecule has 11 heteroatoms. The maximum absolute atomic E-state index is 13.4. The number of rotatable bonds is 5. The first kappa shape index (κ1) is 18.6. The van der Waals surface area contributed by atoms with Crippen LogP contribution in [0.4, 0.5) is 4.39 Å². The molecular weight excluding hydrogens is 411 g/mol. The van der Waals surface area contributed by atoms with Crippen molar-refractivity contribution in [1.29, 1.82) is 0 Å². The largest absolute Gasteiger partial charge is 0.387 e. The van der Waals surface area contributed by atoms with Crippen LogP contribution >= 0.6 is 11.3 Å². The van der Waals surface area contributed by atoms with Gasteiger partial charge in [0.2, 0.25) is 5.89 Å². The van der Waals surface area contributed by atoms with Gasteiger partial charge >= 0.3 is 0 Å². The van der Waals surface area contributed by atoms with E-state index in [2.05, 4.69) is 20.2 Å². The van der Waals surface area contributed by atoms with Crippen LogP contribution in [0.3, 0.4) is 0 Å². The van der Waals surface area contributed by atoms with E-state index in [4.69, 9.17) is 4.52 Å². The van der Waals surface area contributed by atoms with Crippen LogP contribution in [0.15, 0.2) is 46.1 Å². The fraction of sp³-hybridized carbons (Fsp3) is 0.211. The number of aryl methyl sites for hydroxylation is 1. The van der Waals surface area contributed by atoms with E-state index in [0.29, 0.717) is 21.7 Å². The second-order valence-corrected chi connectivity index (χ2v) is 7.97. The molecule has 4 aromatic heterocycles. The van der Waals surface area contributed by atoms with Crippen LogP contribution in [-0.2, 0) is 20.0 Å². The summed E-state index contributed by atoms with van der Waals surface area (Å²) >= 11 is 1.31. The molecule has 0 aliphatic carbocycles. The normalized spacial score (nSPS) is 12.8. The van der Waals surface area contributed by atoms with E-state index in [1.54, 1.807) is 24.0 Å². The quantitative estimate of drug-likeness (QED) is 0.458. The number of nitrogens with zero attached hydrogens (tertiary/aromatic N) is 6. The Bertz CT molecular complexity index is 1440. The zero-order valence-electron chi connectivity index (χ0n) is 15.7. The number of aliphatic hydroxyl groups is 1. The summed E-state index contributed by atoms with van der Waals surface area (Å²) in [4.78, 5) is 21.6. The molecular formula is C19H15FN6O3S. The SMILES string of the molecule is Cn1cnc2cnn(Cc3nc(C[C@H](O)c4cc5ccc(F)cc5s4)no3)c(=O)c21. The van der Waals surface area contributed by atoms with E-state index >= 15 is 0 Å². The van der Waals surface area contributed by atoms with E-state index in [0.717, 1.165) is 10.1 Å². The number of fused-ring (bicyclic) bond motifs is 2. The van der Waals surface area contributed by atoms with Crippen molar-refractivity contribution in [1.82, 2.24) is 29.5 Å². The van der Waals surface area contributed by atoms with Gasteiger partial charge in [0, 0.05) is 23.0 Å². The molecule has 0 aliphatic heterocycles. The summed E-state index contributed by atoms with van der Waals surface area (Å²) in [6, 6.07) is 6.31. The molecule has 0 bridgehead atoms. The molecule has 5 aromatic rings. The standard InChI is InChI=1S/C19H15FN6O3S/c1-25-9-21-12-7-22-26(19(28)18(12)25)8-17-23-16(24-29-17)6-13(27)15-4-10-2-3-11(20)5-14(10)30-15/h2-5,7,9,13,27H,6,8H2,1H3/t13-/m0/s1. The minimum atomic E-state index is -0.859. The van der Waals surface area contributed by atoms with Gasteiger partial charge in [-0.15, -0.1) is 11.3 Å². The van der Waals surface area contributed by atoms with Gasteiger partial charge in [-0.3, -0.25) is 4.79 Å². The molecule has 0 radical (unpaired) electrons. The Balaban J connectivity index is 1.34. The number of halogens is 1. The first-order valence-electron chi connectivity index (χ1n) is 9.03. The maximum atomic E-state index is 13.4. The minimum Gasteiger partial charge on any atom is -0.387 e. The van der Waals surface area contributed by atoms with Gasteiger partial charge in [-0.1, -0.05) is 11.2 Å². The van der Waals surface area contributed by atoms with Crippen LogP contribution in [-0.4, -0.2) is 34.6 Å². The predicted molar refractivity (Wildman–Crippen MR) is 107 cm³/mol. The van der Waals surface area contributed by atoms with Crippen molar-refractivity contribution < 1.29 is 14.0 Å². The Morgan fingerprint density at radius 2 is 2.20 bits per heavy atom. The van der Waals surface area contributed by atoms with Gasteiger partial charge in [0.05, 0.1) is 18.6 Å². The minimum absolute atomic E-state index is 0.00517. The Morgan fingerprint density at radius 3 is 3.07 bits per heavy atom. The highest BCUT2D eigenvalue weighted by Crippen LogP contribution is 2.31. The first-order valence-corrected chi connectivity index (χ1v) is 9.85. The average Bonchev–Trinajstić information content (AvgIpc) is 3.43. The van der Waals surface area contributed by atoms with E-state index < -0.39 is 6.10 Å². The molecule has 0 spiro atoms. The van der Waals surface area contributed by atoms with Gasteiger partial charge < -0.3 is 14.2 Å². The second kappa shape index (κ2) is 7.11. The number of thiophene rings is 1. The topological polar surface area (TPSA) is 112 Å². The molecule has 0 amide bonds. The molecule has 0 saturated heterocycles. The molecule has 0 fully saturated rings. The first-order chi connectivity index (χ1) is 14.5. The van der Waals surface area contributed by atoms with Crippen molar-refractivity contribution >= 4 is 32.5 Å². The monoisotopic (exact) mass is 426 g/mol. The summed E-state index contributed by atoms with van der Waals surface area (Å²) in [6.07, 6.45) is 2.32. The fourth-order valence-corrected chi connectivity index (χ4v) is 4.32. The fourth-order valence-electron chi connectivity index (χ4n) is 3.24. The number of benzene rings is 1. The highest BCUT2D eigenvalue weighted by molar-refractivity contribution is 7.19. The molecule has 0 aliphatic rings. The van der Waals surface area contributed by atoms with Crippen LogP contribution in [0.2, 0.25) is 0 Å². The Hall–Kier alpha value is -3.44. The van der Waals surface area contributed by atoms with Crippen molar-refractivity contribution in [2.75, 3.05) is 0 Å². The van der Waals surface area contributed by atoms with E-state index in [1.807, 2.05) is 6.07 Å². The van der Waals surface area contributed by atoms with E-state index in [1.165, 1.54) is 34.3 Å². The molecule has 9 nitrogen and oxygen atoms in total. The highest BCUT2D eigenvalue weighted by Gasteiger charge is 2.18. The summed E-state index contributed by atoms with van der Waals surface area (Å²) in [5.41, 5.74) is 0.627. The van der Waals surface area contributed by atoms with Crippen LogP contribution in [0, 0.1) is 5.82 Å². The van der Waals surface area contributed by atoms with Crippen LogP contribution in [0.25, 0.3) is 21.1 Å². The molecule has 1 atom stereocenters. The maximum Gasteiger partial charge on any atom is 0.293 e. The molecule has 30 heavy (non-hydrogen) atoms. The third-order valence-electron chi connectivity index (χ3n) is 4.72. The third-order valence-corrected chi connectivity index (χ3v) is 5.92. The third kappa shape index (κ3) is 3.27. The molecule has 5 rings (SSSR count). The molecule has 1 N–H and O–H groups in total. The Labute approximate surface area is 172 Å². The lowest BCUT2D eigenvalue weighted by Gasteiger charge is -2.04. The second-order valence-electron chi connectivity index (χ2n) is 6.85. The average molecular weight is 426 g/mol. The van der Waals surface area contributed by atoms with Gasteiger partial charge in [-0.25, -0.2) is 14.1 Å². The lowest BCUT2D eigenvalue weighted by atomic mass is 10.2. The van der Waals surface area contributed by atoms with Crippen LogP contribution in [0.1, 0.15) is 22.7 Å². The van der Waals surface area contributed by atoms with Gasteiger partial charge in [-0.05, 0) is 23.6 Å². The number of aliphatic hydroxyl groups excluding tert-OH is 1. The van der Waals surface area contributed by atoms with Crippen molar-refractivity contribution in [3.8, 4) is 0 Å². The number of hydrogen-bond acceptors (Lipinski definition) is 8. The lowest BCUT2D eigenvalue weighted by molar-refractivity contribution is 0.178. The number of imidazole rings is 1. The van der Waals surface area contributed by atoms with Crippen molar-refractivity contribution in [2.45, 2.75) is 19.1 Å². The molecule has 0 unspecified atom stereocenters. The highest BCUT2D eigenvalue weighted by atomic mass is 32.1. The number of aromatic nitrogens is 6. The van der Waals surface area contributed by atoms with Gasteiger partial charge in [0.25, 0.3) is 5.56 Å². The summed E-state index contributed by atoms with van der Waals surface area (Å²) < 4.78 is 22.2. The lowest BCUT2D eigenvalue weighted by Crippen LogP contribution is -2.24. The predicted octanol–water partition coefficient (Wildman–Crippen LogP) is 2.19. The van der Waals surface area contributed by atoms with Gasteiger partial charge in [-0.2, -0.15) is 10.1 Å². The summed E-state index contributed by atoms with van der Waals surface area (Å²) in [5.74, 6) is 0.184. The van der Waals surface area contributed by atoms with Gasteiger partial charge in [0.15, 0.2) is 5.82 Å². The van der Waals surface area contributed by atoms with Crippen molar-refractivity contribution in [3.63, 3.8) is 0 Å². The zero-order chi connectivity index (χ0) is 20.8. The molecule has 0 saturated carbocycles. The number of hydrogen-bond donors (Lipinski definition) is 1. The Kier molecular flexibility index (Phi) is 4.40. The summed E-state index contributed by atoms with van der Waals surface area (Å²) in [7, 11) is 1.73. The van der Waals surface area contributed by atoms with Gasteiger partial charge in [0.1, 0.15) is 23.4 Å². The Morgan fingerprint density at radius 1 is 1.33 bits per heavy atom. The van der Waals surface area contributed by atoms with E-state index in [-0.39, 0.29) is 30.2 Å². The van der Waals surface area contributed by atoms with Crippen molar-refractivity contribution in [2.24, 2.45) is 7.05 Å². The van der Waals surface area contributed by atoms with Crippen LogP contribution in [0.5, 0.6) is 0 Å².